The van der Waals surface area contributed by atoms with Gasteiger partial charge in [-0.1, -0.05) is 18.2 Å². The molecule has 1 fully saturated rings. The number of anilines is 2. The SMILES string of the molecule is CC(Cc1ccccc1F)Nc1cc(N2CCOCC2)ncn1. The highest BCUT2D eigenvalue weighted by atomic mass is 19.1. The summed E-state index contributed by atoms with van der Waals surface area (Å²) in [6.45, 7) is 5.12. The number of aromatic nitrogens is 2. The van der Waals surface area contributed by atoms with E-state index in [0.29, 0.717) is 12.0 Å². The maximum absolute atomic E-state index is 13.7. The van der Waals surface area contributed by atoms with E-state index in [0.717, 1.165) is 37.9 Å². The third kappa shape index (κ3) is 4.16. The van der Waals surface area contributed by atoms with Crippen LogP contribution >= 0.6 is 0 Å². The van der Waals surface area contributed by atoms with E-state index in [1.165, 1.54) is 6.07 Å². The molecule has 1 atom stereocenters. The van der Waals surface area contributed by atoms with Gasteiger partial charge in [0.25, 0.3) is 0 Å². The summed E-state index contributed by atoms with van der Waals surface area (Å²) < 4.78 is 19.1. The molecule has 1 aliphatic heterocycles. The van der Waals surface area contributed by atoms with Crippen molar-refractivity contribution in [3.05, 3.63) is 48.0 Å². The molecule has 1 aromatic carbocycles. The largest absolute Gasteiger partial charge is 0.378 e. The van der Waals surface area contributed by atoms with Crippen LogP contribution in [0.1, 0.15) is 12.5 Å². The van der Waals surface area contributed by atoms with E-state index in [-0.39, 0.29) is 11.9 Å². The number of rotatable bonds is 5. The van der Waals surface area contributed by atoms with Gasteiger partial charge in [0.05, 0.1) is 13.2 Å². The highest BCUT2D eigenvalue weighted by molar-refractivity contribution is 5.49. The maximum Gasteiger partial charge on any atom is 0.134 e. The minimum atomic E-state index is -0.169. The summed E-state index contributed by atoms with van der Waals surface area (Å²) >= 11 is 0. The first-order chi connectivity index (χ1) is 11.2. The normalized spacial score (nSPS) is 16.2. The van der Waals surface area contributed by atoms with E-state index >= 15 is 0 Å². The Morgan fingerprint density at radius 2 is 2.04 bits per heavy atom. The second-order valence-corrected chi connectivity index (χ2v) is 5.70. The van der Waals surface area contributed by atoms with E-state index in [9.17, 15) is 4.39 Å². The highest BCUT2D eigenvalue weighted by Gasteiger charge is 2.14. The number of hydrogen-bond donors (Lipinski definition) is 1. The van der Waals surface area contributed by atoms with Crippen molar-refractivity contribution in [2.24, 2.45) is 0 Å². The topological polar surface area (TPSA) is 50.3 Å². The Bertz CT molecular complexity index is 646. The van der Waals surface area contributed by atoms with Crippen LogP contribution in [0.2, 0.25) is 0 Å². The number of benzene rings is 1. The Morgan fingerprint density at radius 1 is 1.26 bits per heavy atom. The van der Waals surface area contributed by atoms with Crippen LogP contribution in [0.15, 0.2) is 36.7 Å². The van der Waals surface area contributed by atoms with Gasteiger partial charge < -0.3 is 15.0 Å². The molecule has 1 N–H and O–H groups in total. The number of nitrogens with one attached hydrogen (secondary N) is 1. The van der Waals surface area contributed by atoms with Crippen molar-refractivity contribution in [3.63, 3.8) is 0 Å². The molecule has 5 nitrogen and oxygen atoms in total. The lowest BCUT2D eigenvalue weighted by Gasteiger charge is -2.28. The molecule has 0 saturated carbocycles. The smallest absolute Gasteiger partial charge is 0.134 e. The quantitative estimate of drug-likeness (QED) is 0.918. The van der Waals surface area contributed by atoms with Gasteiger partial charge in [-0.15, -0.1) is 0 Å². The molecule has 2 heterocycles. The Labute approximate surface area is 135 Å². The predicted octanol–water partition coefficient (Wildman–Crippen LogP) is 2.50. The lowest BCUT2D eigenvalue weighted by Crippen LogP contribution is -2.36. The van der Waals surface area contributed by atoms with Crippen LogP contribution in [-0.4, -0.2) is 42.3 Å². The molecule has 3 rings (SSSR count). The summed E-state index contributed by atoms with van der Waals surface area (Å²) in [4.78, 5) is 10.8. The zero-order chi connectivity index (χ0) is 16.1. The minimum Gasteiger partial charge on any atom is -0.378 e. The molecule has 1 saturated heterocycles. The van der Waals surface area contributed by atoms with Crippen molar-refractivity contribution in [3.8, 4) is 0 Å². The van der Waals surface area contributed by atoms with Gasteiger partial charge in [0, 0.05) is 25.2 Å². The Hall–Kier alpha value is -2.21. The van der Waals surface area contributed by atoms with Crippen molar-refractivity contribution in [1.82, 2.24) is 9.97 Å². The average Bonchev–Trinajstić information content (AvgIpc) is 2.58. The Morgan fingerprint density at radius 3 is 2.83 bits per heavy atom. The minimum absolute atomic E-state index is 0.0688. The van der Waals surface area contributed by atoms with E-state index in [1.54, 1.807) is 12.4 Å². The maximum atomic E-state index is 13.7. The van der Waals surface area contributed by atoms with Gasteiger partial charge >= 0.3 is 0 Å². The molecule has 0 bridgehead atoms. The van der Waals surface area contributed by atoms with E-state index in [1.807, 2.05) is 25.1 Å². The Kier molecular flexibility index (Phi) is 5.02. The lowest BCUT2D eigenvalue weighted by atomic mass is 10.1. The molecule has 23 heavy (non-hydrogen) atoms. The average molecular weight is 316 g/mol. The fourth-order valence-corrected chi connectivity index (χ4v) is 2.69. The summed E-state index contributed by atoms with van der Waals surface area (Å²) in [5.74, 6) is 1.48. The summed E-state index contributed by atoms with van der Waals surface area (Å²) in [6, 6.07) is 8.86. The van der Waals surface area contributed by atoms with Crippen LogP contribution in [-0.2, 0) is 11.2 Å². The molecule has 0 spiro atoms. The van der Waals surface area contributed by atoms with Gasteiger partial charge in [0.2, 0.25) is 0 Å². The summed E-state index contributed by atoms with van der Waals surface area (Å²) in [6.07, 6.45) is 2.16. The fourth-order valence-electron chi connectivity index (χ4n) is 2.69. The highest BCUT2D eigenvalue weighted by Crippen LogP contribution is 2.17. The first-order valence-electron chi connectivity index (χ1n) is 7.87. The Balaban J connectivity index is 1.64. The van der Waals surface area contributed by atoms with Crippen molar-refractivity contribution in [2.45, 2.75) is 19.4 Å². The third-order valence-corrected chi connectivity index (χ3v) is 3.87. The lowest BCUT2D eigenvalue weighted by molar-refractivity contribution is 0.122. The summed E-state index contributed by atoms with van der Waals surface area (Å²) in [5.41, 5.74) is 0.704. The summed E-state index contributed by atoms with van der Waals surface area (Å²) in [5, 5.41) is 3.32. The first kappa shape index (κ1) is 15.7. The van der Waals surface area contributed by atoms with Crippen molar-refractivity contribution >= 4 is 11.6 Å². The van der Waals surface area contributed by atoms with E-state index in [2.05, 4.69) is 20.2 Å². The van der Waals surface area contributed by atoms with Gasteiger partial charge in [0.1, 0.15) is 23.8 Å². The monoisotopic (exact) mass is 316 g/mol. The predicted molar refractivity (Wildman–Crippen MR) is 88.3 cm³/mol. The second-order valence-electron chi connectivity index (χ2n) is 5.70. The molecule has 1 aliphatic rings. The molecule has 0 amide bonds. The molecular weight excluding hydrogens is 295 g/mol. The van der Waals surface area contributed by atoms with Gasteiger partial charge in [-0.05, 0) is 25.0 Å². The van der Waals surface area contributed by atoms with Crippen LogP contribution < -0.4 is 10.2 Å². The zero-order valence-electron chi connectivity index (χ0n) is 13.2. The molecule has 1 unspecified atom stereocenters. The van der Waals surface area contributed by atoms with Crippen LogP contribution in [0.4, 0.5) is 16.0 Å². The van der Waals surface area contributed by atoms with Gasteiger partial charge in [-0.25, -0.2) is 14.4 Å². The standard InChI is InChI=1S/C17H21FN4O/c1-13(10-14-4-2-3-5-15(14)18)21-16-11-17(20-12-19-16)22-6-8-23-9-7-22/h2-5,11-13H,6-10H2,1H3,(H,19,20,21). The van der Waals surface area contributed by atoms with Gasteiger partial charge in [-0.2, -0.15) is 0 Å². The number of morpholine rings is 1. The van der Waals surface area contributed by atoms with E-state index in [4.69, 9.17) is 4.74 Å². The number of nitrogens with zero attached hydrogens (tertiary/aromatic N) is 3. The third-order valence-electron chi connectivity index (χ3n) is 3.87. The van der Waals surface area contributed by atoms with Crippen LogP contribution in [0, 0.1) is 5.82 Å². The van der Waals surface area contributed by atoms with E-state index < -0.39 is 0 Å². The number of hydrogen-bond acceptors (Lipinski definition) is 5. The molecule has 1 aromatic heterocycles. The summed E-state index contributed by atoms with van der Waals surface area (Å²) in [7, 11) is 0. The molecule has 0 aliphatic carbocycles. The molecule has 6 heteroatoms. The van der Waals surface area contributed by atoms with Crippen LogP contribution in [0.25, 0.3) is 0 Å². The molecular formula is C17H21FN4O. The number of halogens is 1. The number of ether oxygens (including phenoxy) is 1. The van der Waals surface area contributed by atoms with Crippen molar-refractivity contribution in [1.29, 1.82) is 0 Å². The zero-order valence-corrected chi connectivity index (χ0v) is 13.2. The van der Waals surface area contributed by atoms with Gasteiger partial charge in [-0.3, -0.25) is 0 Å². The fraction of sp³-hybridized carbons (Fsp3) is 0.412. The molecule has 0 radical (unpaired) electrons. The van der Waals surface area contributed by atoms with Crippen molar-refractivity contribution in [2.75, 3.05) is 36.5 Å². The molecule has 122 valence electrons. The molecule has 2 aromatic rings. The second kappa shape index (κ2) is 7.37. The first-order valence-corrected chi connectivity index (χ1v) is 7.87. The van der Waals surface area contributed by atoms with Crippen LogP contribution in [0.5, 0.6) is 0 Å². The van der Waals surface area contributed by atoms with Crippen LogP contribution in [0.3, 0.4) is 0 Å². The van der Waals surface area contributed by atoms with Gasteiger partial charge in [0.15, 0.2) is 0 Å². The van der Waals surface area contributed by atoms with Crippen molar-refractivity contribution < 1.29 is 9.13 Å².